The van der Waals surface area contributed by atoms with Gasteiger partial charge in [0.15, 0.2) is 0 Å². The standard InChI is InChI=1S/C22H22ClN3O/c1-27-19-11-10-18-16(8-5-13-25-18)20(19)22-15(6-2-3-12-24)14-7-4-9-17(23)21(14)26-22/h4-5,7-11,13,26H,2-3,6,12,24H2,1H3. The monoisotopic (exact) mass is 379 g/mol. The minimum absolute atomic E-state index is 0.694. The zero-order valence-corrected chi connectivity index (χ0v) is 16.0. The number of rotatable bonds is 6. The van der Waals surface area contributed by atoms with Gasteiger partial charge in [-0.05, 0) is 55.6 Å². The Balaban J connectivity index is 2.02. The molecule has 2 aromatic heterocycles. The number of nitrogens with two attached hydrogens (primary N) is 1. The summed E-state index contributed by atoms with van der Waals surface area (Å²) in [6.07, 6.45) is 4.74. The van der Waals surface area contributed by atoms with E-state index in [1.54, 1.807) is 7.11 Å². The molecule has 138 valence electrons. The van der Waals surface area contributed by atoms with Crippen LogP contribution in [-0.2, 0) is 6.42 Å². The van der Waals surface area contributed by atoms with Gasteiger partial charge in [0.05, 0.1) is 28.9 Å². The first-order valence-corrected chi connectivity index (χ1v) is 9.53. The Kier molecular flexibility index (Phi) is 5.01. The van der Waals surface area contributed by atoms with Gasteiger partial charge in [0.25, 0.3) is 0 Å². The van der Waals surface area contributed by atoms with Crippen molar-refractivity contribution in [3.05, 3.63) is 59.2 Å². The fraction of sp³-hybridized carbons (Fsp3) is 0.227. The Bertz CT molecular complexity index is 1100. The van der Waals surface area contributed by atoms with Crippen LogP contribution in [0.15, 0.2) is 48.7 Å². The molecule has 0 spiro atoms. The van der Waals surface area contributed by atoms with Gasteiger partial charge in [-0.15, -0.1) is 0 Å². The van der Waals surface area contributed by atoms with Crippen LogP contribution in [0.5, 0.6) is 5.75 Å². The maximum Gasteiger partial charge on any atom is 0.128 e. The van der Waals surface area contributed by atoms with Crippen LogP contribution in [0.2, 0.25) is 5.02 Å². The third kappa shape index (κ3) is 3.15. The molecule has 2 aromatic carbocycles. The molecule has 4 nitrogen and oxygen atoms in total. The van der Waals surface area contributed by atoms with E-state index in [0.29, 0.717) is 6.54 Å². The number of fused-ring (bicyclic) bond motifs is 2. The van der Waals surface area contributed by atoms with E-state index in [1.165, 1.54) is 5.56 Å². The number of nitrogens with one attached hydrogen (secondary N) is 1. The van der Waals surface area contributed by atoms with Gasteiger partial charge in [-0.25, -0.2) is 0 Å². The number of aryl methyl sites for hydroxylation is 1. The Labute approximate surface area is 163 Å². The first kappa shape index (κ1) is 17.8. The highest BCUT2D eigenvalue weighted by Crippen LogP contribution is 2.41. The second kappa shape index (κ2) is 7.59. The van der Waals surface area contributed by atoms with E-state index < -0.39 is 0 Å². The number of aromatic amines is 1. The SMILES string of the molecule is COc1ccc2ncccc2c1-c1[nH]c2c(Cl)cccc2c1CCCCN. The van der Waals surface area contributed by atoms with Crippen molar-refractivity contribution in [2.45, 2.75) is 19.3 Å². The molecule has 0 bridgehead atoms. The quantitative estimate of drug-likeness (QED) is 0.445. The molecule has 3 N–H and O–H groups in total. The zero-order valence-electron chi connectivity index (χ0n) is 15.3. The molecule has 27 heavy (non-hydrogen) atoms. The van der Waals surface area contributed by atoms with Crippen molar-refractivity contribution in [2.24, 2.45) is 5.73 Å². The summed E-state index contributed by atoms with van der Waals surface area (Å²) in [5.41, 5.74) is 10.9. The summed E-state index contributed by atoms with van der Waals surface area (Å²) in [5, 5.41) is 2.92. The molecular formula is C22H22ClN3O. The number of methoxy groups -OCH3 is 1. The molecule has 2 heterocycles. The number of H-pyrrole nitrogens is 1. The average molecular weight is 380 g/mol. The van der Waals surface area contributed by atoms with Crippen LogP contribution in [0.25, 0.3) is 33.1 Å². The number of aromatic nitrogens is 2. The number of pyridine rings is 1. The summed E-state index contributed by atoms with van der Waals surface area (Å²) >= 11 is 6.49. The number of para-hydroxylation sites is 1. The minimum Gasteiger partial charge on any atom is -0.496 e. The van der Waals surface area contributed by atoms with Gasteiger partial charge in [-0.1, -0.05) is 29.8 Å². The lowest BCUT2D eigenvalue weighted by Gasteiger charge is -2.13. The Hall–Kier alpha value is -2.56. The second-order valence-electron chi connectivity index (χ2n) is 6.60. The normalized spacial score (nSPS) is 11.4. The summed E-state index contributed by atoms with van der Waals surface area (Å²) in [5.74, 6) is 0.818. The van der Waals surface area contributed by atoms with Gasteiger partial charge >= 0.3 is 0 Å². The molecule has 0 saturated carbocycles. The third-order valence-corrected chi connectivity index (χ3v) is 5.30. The van der Waals surface area contributed by atoms with Crippen LogP contribution in [0.1, 0.15) is 18.4 Å². The fourth-order valence-corrected chi connectivity index (χ4v) is 3.94. The number of hydrogen-bond donors (Lipinski definition) is 2. The van der Waals surface area contributed by atoms with E-state index in [2.05, 4.69) is 22.1 Å². The largest absolute Gasteiger partial charge is 0.496 e. The highest BCUT2D eigenvalue weighted by Gasteiger charge is 2.20. The molecule has 0 aliphatic rings. The number of nitrogens with zero attached hydrogens (tertiary/aromatic N) is 1. The van der Waals surface area contributed by atoms with E-state index in [-0.39, 0.29) is 0 Å². The number of ether oxygens (including phenoxy) is 1. The van der Waals surface area contributed by atoms with E-state index in [1.807, 2.05) is 36.5 Å². The van der Waals surface area contributed by atoms with Crippen molar-refractivity contribution in [3.8, 4) is 17.0 Å². The summed E-state index contributed by atoms with van der Waals surface area (Å²) in [4.78, 5) is 8.08. The van der Waals surface area contributed by atoms with Gasteiger partial charge in [-0.3, -0.25) is 4.98 Å². The van der Waals surface area contributed by atoms with Gasteiger partial charge in [0.1, 0.15) is 5.75 Å². The lowest BCUT2D eigenvalue weighted by atomic mass is 9.97. The Morgan fingerprint density at radius 1 is 1.07 bits per heavy atom. The maximum absolute atomic E-state index is 6.49. The Morgan fingerprint density at radius 3 is 2.74 bits per heavy atom. The van der Waals surface area contributed by atoms with Gasteiger partial charge in [0.2, 0.25) is 0 Å². The van der Waals surface area contributed by atoms with Crippen molar-refractivity contribution >= 4 is 33.4 Å². The zero-order chi connectivity index (χ0) is 18.8. The smallest absolute Gasteiger partial charge is 0.128 e. The van der Waals surface area contributed by atoms with Gasteiger partial charge in [-0.2, -0.15) is 0 Å². The molecule has 0 aliphatic heterocycles. The summed E-state index contributed by atoms with van der Waals surface area (Å²) < 4.78 is 5.71. The van der Waals surface area contributed by atoms with Crippen LogP contribution in [0, 0.1) is 0 Å². The maximum atomic E-state index is 6.49. The highest BCUT2D eigenvalue weighted by molar-refractivity contribution is 6.35. The number of unbranched alkanes of at least 4 members (excludes halogenated alkanes) is 1. The minimum atomic E-state index is 0.694. The van der Waals surface area contributed by atoms with Crippen LogP contribution in [-0.4, -0.2) is 23.6 Å². The lowest BCUT2D eigenvalue weighted by Crippen LogP contribution is -2.00. The second-order valence-corrected chi connectivity index (χ2v) is 7.01. The van der Waals surface area contributed by atoms with E-state index >= 15 is 0 Å². The molecule has 0 atom stereocenters. The van der Waals surface area contributed by atoms with Crippen LogP contribution in [0.3, 0.4) is 0 Å². The molecule has 5 heteroatoms. The molecular weight excluding hydrogens is 358 g/mol. The third-order valence-electron chi connectivity index (χ3n) is 4.99. The summed E-state index contributed by atoms with van der Waals surface area (Å²) in [7, 11) is 1.70. The topological polar surface area (TPSA) is 63.9 Å². The Morgan fingerprint density at radius 2 is 1.93 bits per heavy atom. The first-order valence-electron chi connectivity index (χ1n) is 9.16. The average Bonchev–Trinajstić information content (AvgIpc) is 3.07. The molecule has 0 amide bonds. The predicted octanol–water partition coefficient (Wildman–Crippen LogP) is 5.33. The van der Waals surface area contributed by atoms with Crippen molar-refractivity contribution in [2.75, 3.05) is 13.7 Å². The number of halogens is 1. The molecule has 0 unspecified atom stereocenters. The predicted molar refractivity (Wildman–Crippen MR) is 113 cm³/mol. The summed E-state index contributed by atoms with van der Waals surface area (Å²) in [6.45, 7) is 0.694. The highest BCUT2D eigenvalue weighted by atomic mass is 35.5. The van der Waals surface area contributed by atoms with Crippen LogP contribution >= 0.6 is 11.6 Å². The summed E-state index contributed by atoms with van der Waals surface area (Å²) in [6, 6.07) is 14.0. The van der Waals surface area contributed by atoms with Crippen molar-refractivity contribution in [1.82, 2.24) is 9.97 Å². The number of hydrogen-bond acceptors (Lipinski definition) is 3. The fourth-order valence-electron chi connectivity index (χ4n) is 3.72. The van der Waals surface area contributed by atoms with Gasteiger partial charge in [0, 0.05) is 22.5 Å². The van der Waals surface area contributed by atoms with Crippen molar-refractivity contribution in [3.63, 3.8) is 0 Å². The lowest BCUT2D eigenvalue weighted by molar-refractivity contribution is 0.417. The van der Waals surface area contributed by atoms with Crippen molar-refractivity contribution < 1.29 is 4.74 Å². The van der Waals surface area contributed by atoms with E-state index in [4.69, 9.17) is 22.1 Å². The molecule has 0 radical (unpaired) electrons. The number of benzene rings is 2. The van der Waals surface area contributed by atoms with Crippen LogP contribution in [0.4, 0.5) is 0 Å². The van der Waals surface area contributed by atoms with Crippen molar-refractivity contribution in [1.29, 1.82) is 0 Å². The molecule has 0 fully saturated rings. The van der Waals surface area contributed by atoms with E-state index in [0.717, 1.165) is 63.1 Å². The molecule has 4 aromatic rings. The first-order chi connectivity index (χ1) is 13.2. The van der Waals surface area contributed by atoms with Gasteiger partial charge < -0.3 is 15.5 Å². The van der Waals surface area contributed by atoms with E-state index in [9.17, 15) is 0 Å². The van der Waals surface area contributed by atoms with Crippen LogP contribution < -0.4 is 10.5 Å². The molecule has 0 aliphatic carbocycles. The molecule has 4 rings (SSSR count). The molecule has 0 saturated heterocycles.